The molecule has 0 spiro atoms. The van der Waals surface area contributed by atoms with Gasteiger partial charge in [-0.2, -0.15) is 0 Å². The Morgan fingerprint density at radius 2 is 1.97 bits per heavy atom. The molecule has 0 aliphatic rings. The molecule has 0 atom stereocenters. The van der Waals surface area contributed by atoms with Crippen LogP contribution < -0.4 is 10.7 Å². The second kappa shape index (κ2) is 7.48. The third kappa shape index (κ3) is 3.51. The van der Waals surface area contributed by atoms with Gasteiger partial charge in [0.2, 0.25) is 0 Å². The summed E-state index contributed by atoms with van der Waals surface area (Å²) in [6.45, 7) is 2.22. The van der Waals surface area contributed by atoms with Gasteiger partial charge in [-0.05, 0) is 43.3 Å². The number of imidazole rings is 1. The Hall–Kier alpha value is -3.78. The zero-order chi connectivity index (χ0) is 21.5. The van der Waals surface area contributed by atoms with E-state index in [1.165, 1.54) is 29.5 Å². The molecule has 3 heterocycles. The van der Waals surface area contributed by atoms with E-state index in [0.29, 0.717) is 11.0 Å². The smallest absolute Gasteiger partial charge is 0.287 e. The summed E-state index contributed by atoms with van der Waals surface area (Å²) >= 11 is 1.46. The first kappa shape index (κ1) is 19.2. The van der Waals surface area contributed by atoms with E-state index >= 15 is 0 Å². The van der Waals surface area contributed by atoms with Crippen LogP contribution in [-0.4, -0.2) is 15.3 Å². The number of benzene rings is 2. The van der Waals surface area contributed by atoms with Crippen molar-refractivity contribution in [3.8, 4) is 11.3 Å². The largest absolute Gasteiger partial charge is 0.451 e. The minimum absolute atomic E-state index is 0.0266. The van der Waals surface area contributed by atoms with Gasteiger partial charge in [-0.1, -0.05) is 23.5 Å². The van der Waals surface area contributed by atoms with Crippen molar-refractivity contribution in [2.75, 3.05) is 0 Å². The molecule has 1 N–H and O–H groups in total. The molecule has 0 saturated carbocycles. The number of carbonyl (C=O) groups excluding carboxylic acids is 1. The quantitative estimate of drug-likeness (QED) is 0.451. The van der Waals surface area contributed by atoms with E-state index in [0.717, 1.165) is 26.8 Å². The lowest BCUT2D eigenvalue weighted by Gasteiger charge is -2.05. The van der Waals surface area contributed by atoms with Gasteiger partial charge in [-0.15, -0.1) is 0 Å². The minimum atomic E-state index is -0.458. The molecule has 3 aromatic heterocycles. The Morgan fingerprint density at radius 1 is 1.19 bits per heavy atom. The van der Waals surface area contributed by atoms with E-state index in [1.807, 2.05) is 17.5 Å². The van der Waals surface area contributed by atoms with Crippen LogP contribution in [0, 0.1) is 12.7 Å². The molecule has 0 aliphatic heterocycles. The Morgan fingerprint density at radius 3 is 2.74 bits per heavy atom. The van der Waals surface area contributed by atoms with E-state index in [-0.39, 0.29) is 23.6 Å². The highest BCUT2D eigenvalue weighted by Gasteiger charge is 2.16. The van der Waals surface area contributed by atoms with Crippen molar-refractivity contribution in [1.82, 2.24) is 14.7 Å². The van der Waals surface area contributed by atoms with Gasteiger partial charge in [0.15, 0.2) is 16.1 Å². The van der Waals surface area contributed by atoms with Crippen LogP contribution in [0.15, 0.2) is 70.0 Å². The second-order valence-corrected chi connectivity index (χ2v) is 8.11. The van der Waals surface area contributed by atoms with Crippen LogP contribution in [0.5, 0.6) is 0 Å². The number of amides is 1. The van der Waals surface area contributed by atoms with Crippen LogP contribution in [0.4, 0.5) is 4.39 Å². The summed E-state index contributed by atoms with van der Waals surface area (Å²) in [6.07, 6.45) is 1.89. The SMILES string of the molecule is Cc1c(CNC(=O)c2cc(=O)c3ccccc3o2)sc2nc(-c3ccc(F)cc3)cn12. The third-order valence-electron chi connectivity index (χ3n) is 5.06. The number of para-hydroxylation sites is 1. The molecule has 6 nitrogen and oxygen atoms in total. The van der Waals surface area contributed by atoms with Crippen LogP contribution in [0.3, 0.4) is 0 Å². The molecule has 5 aromatic rings. The molecule has 0 radical (unpaired) electrons. The van der Waals surface area contributed by atoms with Crippen molar-refractivity contribution >= 4 is 33.2 Å². The van der Waals surface area contributed by atoms with Crippen LogP contribution in [0.25, 0.3) is 27.2 Å². The number of hydrogen-bond acceptors (Lipinski definition) is 5. The molecule has 0 saturated heterocycles. The van der Waals surface area contributed by atoms with Gasteiger partial charge < -0.3 is 9.73 Å². The van der Waals surface area contributed by atoms with E-state index in [9.17, 15) is 14.0 Å². The molecular formula is C23H16FN3O3S. The topological polar surface area (TPSA) is 76.6 Å². The number of nitrogens with one attached hydrogen (secondary N) is 1. The van der Waals surface area contributed by atoms with Gasteiger partial charge >= 0.3 is 0 Å². The van der Waals surface area contributed by atoms with Crippen molar-refractivity contribution in [3.05, 3.63) is 93.2 Å². The van der Waals surface area contributed by atoms with E-state index in [1.54, 1.807) is 36.4 Å². The number of rotatable bonds is 4. The number of nitrogens with zero attached hydrogens (tertiary/aromatic N) is 2. The van der Waals surface area contributed by atoms with Crippen LogP contribution in [-0.2, 0) is 6.54 Å². The fraction of sp³-hybridized carbons (Fsp3) is 0.0870. The van der Waals surface area contributed by atoms with Crippen molar-refractivity contribution < 1.29 is 13.6 Å². The molecule has 0 aliphatic carbocycles. The number of aromatic nitrogens is 2. The van der Waals surface area contributed by atoms with Crippen LogP contribution >= 0.6 is 11.3 Å². The number of aryl methyl sites for hydroxylation is 1. The maximum Gasteiger partial charge on any atom is 0.287 e. The number of halogens is 1. The summed E-state index contributed by atoms with van der Waals surface area (Å²) in [5.74, 6) is -0.775. The molecule has 0 unspecified atom stereocenters. The summed E-state index contributed by atoms with van der Waals surface area (Å²) in [6, 6.07) is 14.2. The summed E-state index contributed by atoms with van der Waals surface area (Å²) < 4.78 is 20.7. The molecule has 0 bridgehead atoms. The summed E-state index contributed by atoms with van der Waals surface area (Å²) in [4.78, 5) is 31.1. The average molecular weight is 433 g/mol. The zero-order valence-electron chi connectivity index (χ0n) is 16.4. The Balaban J connectivity index is 1.36. The van der Waals surface area contributed by atoms with Crippen LogP contribution in [0.2, 0.25) is 0 Å². The predicted molar refractivity (Wildman–Crippen MR) is 117 cm³/mol. The first-order valence-electron chi connectivity index (χ1n) is 9.54. The Bertz CT molecular complexity index is 1500. The molecule has 154 valence electrons. The van der Waals surface area contributed by atoms with E-state index in [4.69, 9.17) is 4.42 Å². The second-order valence-electron chi connectivity index (χ2n) is 7.05. The highest BCUT2D eigenvalue weighted by molar-refractivity contribution is 7.17. The van der Waals surface area contributed by atoms with Crippen molar-refractivity contribution in [2.45, 2.75) is 13.5 Å². The Labute approximate surface area is 179 Å². The summed E-state index contributed by atoms with van der Waals surface area (Å²) in [5, 5.41) is 3.24. The molecular weight excluding hydrogens is 417 g/mol. The maximum atomic E-state index is 13.2. The fourth-order valence-corrected chi connectivity index (χ4v) is 4.42. The van der Waals surface area contributed by atoms with Gasteiger partial charge in [-0.25, -0.2) is 9.37 Å². The lowest BCUT2D eigenvalue weighted by atomic mass is 10.2. The van der Waals surface area contributed by atoms with Gasteiger partial charge in [0, 0.05) is 28.4 Å². The zero-order valence-corrected chi connectivity index (χ0v) is 17.2. The van der Waals surface area contributed by atoms with Gasteiger partial charge in [-0.3, -0.25) is 14.0 Å². The first-order chi connectivity index (χ1) is 15.0. The van der Waals surface area contributed by atoms with Crippen molar-refractivity contribution in [3.63, 3.8) is 0 Å². The van der Waals surface area contributed by atoms with Gasteiger partial charge in [0.25, 0.3) is 5.91 Å². The van der Waals surface area contributed by atoms with Crippen LogP contribution in [0.1, 0.15) is 21.1 Å². The number of fused-ring (bicyclic) bond motifs is 2. The molecule has 5 rings (SSSR count). The lowest BCUT2D eigenvalue weighted by Crippen LogP contribution is -2.24. The number of thiazole rings is 1. The lowest BCUT2D eigenvalue weighted by molar-refractivity contribution is 0.0924. The Kier molecular flexibility index (Phi) is 4.63. The highest BCUT2D eigenvalue weighted by Crippen LogP contribution is 2.27. The predicted octanol–water partition coefficient (Wildman–Crippen LogP) is 4.55. The average Bonchev–Trinajstić information content (AvgIpc) is 3.32. The van der Waals surface area contributed by atoms with E-state index < -0.39 is 5.91 Å². The molecule has 0 fully saturated rings. The number of carbonyl (C=O) groups is 1. The van der Waals surface area contributed by atoms with Crippen molar-refractivity contribution in [2.24, 2.45) is 0 Å². The molecule has 31 heavy (non-hydrogen) atoms. The van der Waals surface area contributed by atoms with Gasteiger partial charge in [0.1, 0.15) is 11.4 Å². The molecule has 8 heteroatoms. The standard InChI is InChI=1S/C23H16FN3O3S/c1-13-21(31-23-26-17(12-27(13)23)14-6-8-15(24)9-7-14)11-25-22(29)20-10-18(28)16-4-2-3-5-19(16)30-20/h2-10,12H,11H2,1H3,(H,25,29). The first-order valence-corrected chi connectivity index (χ1v) is 10.4. The normalized spacial score (nSPS) is 11.3. The number of hydrogen-bond donors (Lipinski definition) is 1. The molecule has 2 aromatic carbocycles. The minimum Gasteiger partial charge on any atom is -0.451 e. The maximum absolute atomic E-state index is 13.2. The summed E-state index contributed by atoms with van der Waals surface area (Å²) in [7, 11) is 0. The van der Waals surface area contributed by atoms with Gasteiger partial charge in [0.05, 0.1) is 17.6 Å². The third-order valence-corrected chi connectivity index (χ3v) is 6.22. The molecule has 1 amide bonds. The van der Waals surface area contributed by atoms with Crippen molar-refractivity contribution in [1.29, 1.82) is 0 Å². The summed E-state index contributed by atoms with van der Waals surface area (Å²) in [5.41, 5.74) is 2.65. The highest BCUT2D eigenvalue weighted by atomic mass is 32.1. The fourth-order valence-electron chi connectivity index (χ4n) is 3.38. The monoisotopic (exact) mass is 433 g/mol. The van der Waals surface area contributed by atoms with E-state index in [2.05, 4.69) is 10.3 Å².